The van der Waals surface area contributed by atoms with Crippen LogP contribution in [0.3, 0.4) is 0 Å². The van der Waals surface area contributed by atoms with Crippen LogP contribution in [-0.4, -0.2) is 24.2 Å². The molecule has 0 radical (unpaired) electrons. The molecule has 0 saturated carbocycles. The summed E-state index contributed by atoms with van der Waals surface area (Å²) in [4.78, 5) is 13.0. The van der Waals surface area contributed by atoms with Crippen LogP contribution < -0.4 is 4.90 Å². The molecule has 0 aliphatic carbocycles. The summed E-state index contributed by atoms with van der Waals surface area (Å²) in [5.74, 6) is 0.114. The van der Waals surface area contributed by atoms with E-state index in [0.717, 1.165) is 11.3 Å². The van der Waals surface area contributed by atoms with Gasteiger partial charge in [-0.25, -0.2) is 0 Å². The number of carbonyl (C=O) groups is 1. The number of aliphatic hydroxyl groups is 1. The number of carbonyl (C=O) groups excluding carboxylic acids is 1. The zero-order valence-corrected chi connectivity index (χ0v) is 8.10. The molecule has 0 aromatic heterocycles. The van der Waals surface area contributed by atoms with Gasteiger partial charge in [-0.1, -0.05) is 18.2 Å². The van der Waals surface area contributed by atoms with Gasteiger partial charge in [-0.05, 0) is 11.6 Å². The molecule has 1 aromatic carbocycles. The molecule has 1 aliphatic heterocycles. The van der Waals surface area contributed by atoms with Crippen LogP contribution in [0.4, 0.5) is 5.69 Å². The van der Waals surface area contributed by atoms with E-state index in [4.69, 9.17) is 0 Å². The zero-order valence-electron chi connectivity index (χ0n) is 8.10. The van der Waals surface area contributed by atoms with Crippen LogP contribution in [0.5, 0.6) is 0 Å². The molecule has 1 atom stereocenters. The van der Waals surface area contributed by atoms with Gasteiger partial charge >= 0.3 is 0 Å². The lowest BCUT2D eigenvalue weighted by Gasteiger charge is -2.14. The minimum Gasteiger partial charge on any atom is -0.396 e. The van der Waals surface area contributed by atoms with Crippen LogP contribution in [0, 0.1) is 0 Å². The molecule has 74 valence electrons. The van der Waals surface area contributed by atoms with Crippen molar-refractivity contribution in [2.45, 2.75) is 12.8 Å². The van der Waals surface area contributed by atoms with Crippen molar-refractivity contribution < 1.29 is 9.90 Å². The Morgan fingerprint density at radius 2 is 2.29 bits per heavy atom. The van der Waals surface area contributed by atoms with Crippen LogP contribution in [0.1, 0.15) is 18.4 Å². The minimum atomic E-state index is 0.0356. The van der Waals surface area contributed by atoms with Crippen molar-refractivity contribution in [3.8, 4) is 0 Å². The van der Waals surface area contributed by atoms with Crippen LogP contribution in [0.15, 0.2) is 24.3 Å². The Kier molecular flexibility index (Phi) is 2.25. The van der Waals surface area contributed by atoms with Gasteiger partial charge in [0.15, 0.2) is 0 Å². The lowest BCUT2D eigenvalue weighted by Crippen LogP contribution is -2.27. The summed E-state index contributed by atoms with van der Waals surface area (Å²) in [5.41, 5.74) is 2.02. The number of anilines is 1. The average molecular weight is 191 g/mol. The highest BCUT2D eigenvalue weighted by atomic mass is 16.3. The fraction of sp³-hybridized carbons (Fsp3) is 0.364. The highest BCUT2D eigenvalue weighted by molar-refractivity contribution is 5.94. The summed E-state index contributed by atoms with van der Waals surface area (Å²) in [6.45, 7) is 2.25. The van der Waals surface area contributed by atoms with Crippen LogP contribution in [0.25, 0.3) is 0 Å². The van der Waals surface area contributed by atoms with E-state index in [-0.39, 0.29) is 18.4 Å². The number of fused-ring (bicyclic) bond motifs is 1. The van der Waals surface area contributed by atoms with Gasteiger partial charge in [0.25, 0.3) is 0 Å². The van der Waals surface area contributed by atoms with Gasteiger partial charge in [0.05, 0.1) is 6.61 Å². The highest BCUT2D eigenvalue weighted by Crippen LogP contribution is 2.35. The normalized spacial score (nSPS) is 19.6. The van der Waals surface area contributed by atoms with Gasteiger partial charge in [-0.15, -0.1) is 0 Å². The van der Waals surface area contributed by atoms with Gasteiger partial charge in [-0.3, -0.25) is 4.79 Å². The zero-order chi connectivity index (χ0) is 10.1. The van der Waals surface area contributed by atoms with E-state index < -0.39 is 0 Å². The summed E-state index contributed by atoms with van der Waals surface area (Å²) in [6.07, 6.45) is 0. The maximum Gasteiger partial charge on any atom is 0.223 e. The van der Waals surface area contributed by atoms with Gasteiger partial charge < -0.3 is 10.0 Å². The molecule has 1 aromatic rings. The third-order valence-corrected chi connectivity index (χ3v) is 2.67. The number of amides is 1. The topological polar surface area (TPSA) is 40.5 Å². The van der Waals surface area contributed by atoms with Crippen LogP contribution in [0.2, 0.25) is 0 Å². The predicted octanol–water partition coefficient (Wildman–Crippen LogP) is 1.13. The lowest BCUT2D eigenvalue weighted by molar-refractivity contribution is -0.116. The van der Waals surface area contributed by atoms with E-state index in [1.807, 2.05) is 24.3 Å². The Labute approximate surface area is 83.0 Å². The Morgan fingerprint density at radius 1 is 1.57 bits per heavy atom. The number of hydrogen-bond donors (Lipinski definition) is 1. The minimum absolute atomic E-state index is 0.0356. The maximum atomic E-state index is 11.3. The average Bonchev–Trinajstić information content (AvgIpc) is 2.56. The first-order chi connectivity index (χ1) is 6.74. The molecule has 0 spiro atoms. The van der Waals surface area contributed by atoms with E-state index in [1.54, 1.807) is 11.8 Å². The number of benzene rings is 1. The molecule has 1 N–H and O–H groups in total. The molecule has 0 saturated heterocycles. The second kappa shape index (κ2) is 3.42. The number of nitrogens with zero attached hydrogens (tertiary/aromatic N) is 1. The third-order valence-electron chi connectivity index (χ3n) is 2.67. The summed E-state index contributed by atoms with van der Waals surface area (Å²) in [7, 11) is 0. The fourth-order valence-corrected chi connectivity index (χ4v) is 1.95. The quantitative estimate of drug-likeness (QED) is 0.722. The van der Waals surface area contributed by atoms with E-state index in [1.165, 1.54) is 0 Å². The molecule has 1 aliphatic rings. The molecule has 14 heavy (non-hydrogen) atoms. The first-order valence-corrected chi connectivity index (χ1v) is 4.72. The number of rotatable bonds is 1. The van der Waals surface area contributed by atoms with Crippen molar-refractivity contribution in [1.82, 2.24) is 0 Å². The standard InChI is InChI=1S/C11H13NO2/c1-8(14)12-6-9(7-13)10-4-2-3-5-11(10)12/h2-5,9,13H,6-7H2,1H3/t9-/m0/s1. The van der Waals surface area contributed by atoms with E-state index in [2.05, 4.69) is 0 Å². The highest BCUT2D eigenvalue weighted by Gasteiger charge is 2.29. The Balaban J connectivity index is 2.43. The van der Waals surface area contributed by atoms with Crippen LogP contribution >= 0.6 is 0 Å². The SMILES string of the molecule is CC(=O)N1C[C@@H](CO)c2ccccc21. The lowest BCUT2D eigenvalue weighted by atomic mass is 10.0. The number of aliphatic hydroxyl groups excluding tert-OH is 1. The Hall–Kier alpha value is -1.35. The molecule has 0 fully saturated rings. The Bertz CT molecular complexity index is 362. The predicted molar refractivity (Wildman–Crippen MR) is 54.3 cm³/mol. The van der Waals surface area contributed by atoms with Crippen molar-refractivity contribution in [3.05, 3.63) is 29.8 Å². The molecule has 2 rings (SSSR count). The molecule has 1 amide bonds. The van der Waals surface area contributed by atoms with Crippen molar-refractivity contribution in [2.24, 2.45) is 0 Å². The maximum absolute atomic E-state index is 11.3. The number of hydrogen-bond acceptors (Lipinski definition) is 2. The molecule has 0 unspecified atom stereocenters. The largest absolute Gasteiger partial charge is 0.396 e. The Morgan fingerprint density at radius 3 is 2.93 bits per heavy atom. The molecular weight excluding hydrogens is 178 g/mol. The summed E-state index contributed by atoms with van der Waals surface area (Å²) in [6, 6.07) is 7.74. The summed E-state index contributed by atoms with van der Waals surface area (Å²) < 4.78 is 0. The van der Waals surface area contributed by atoms with Crippen molar-refractivity contribution in [1.29, 1.82) is 0 Å². The van der Waals surface area contributed by atoms with E-state index in [9.17, 15) is 9.90 Å². The van der Waals surface area contributed by atoms with E-state index >= 15 is 0 Å². The second-order valence-electron chi connectivity index (χ2n) is 3.57. The van der Waals surface area contributed by atoms with Crippen LogP contribution in [-0.2, 0) is 4.79 Å². The fourth-order valence-electron chi connectivity index (χ4n) is 1.95. The monoisotopic (exact) mass is 191 g/mol. The first kappa shape index (κ1) is 9.21. The van der Waals surface area contributed by atoms with Gasteiger partial charge in [0.1, 0.15) is 0 Å². The van der Waals surface area contributed by atoms with Crippen molar-refractivity contribution in [3.63, 3.8) is 0 Å². The first-order valence-electron chi connectivity index (χ1n) is 4.72. The van der Waals surface area contributed by atoms with Crippen molar-refractivity contribution in [2.75, 3.05) is 18.1 Å². The molecule has 1 heterocycles. The summed E-state index contributed by atoms with van der Waals surface area (Å²) >= 11 is 0. The molecular formula is C11H13NO2. The van der Waals surface area contributed by atoms with Gasteiger partial charge in [0, 0.05) is 25.1 Å². The van der Waals surface area contributed by atoms with Crippen molar-refractivity contribution >= 4 is 11.6 Å². The molecule has 0 bridgehead atoms. The van der Waals surface area contributed by atoms with Gasteiger partial charge in [-0.2, -0.15) is 0 Å². The van der Waals surface area contributed by atoms with E-state index in [0.29, 0.717) is 6.54 Å². The summed E-state index contributed by atoms with van der Waals surface area (Å²) in [5, 5.41) is 9.17. The second-order valence-corrected chi connectivity index (χ2v) is 3.57. The third kappa shape index (κ3) is 1.30. The molecule has 3 heteroatoms. The molecule has 3 nitrogen and oxygen atoms in total. The van der Waals surface area contributed by atoms with Gasteiger partial charge in [0.2, 0.25) is 5.91 Å². The number of para-hydroxylation sites is 1. The smallest absolute Gasteiger partial charge is 0.223 e.